The predicted octanol–water partition coefficient (Wildman–Crippen LogP) is 5.45. The van der Waals surface area contributed by atoms with Crippen LogP contribution < -0.4 is 5.32 Å². The van der Waals surface area contributed by atoms with E-state index < -0.39 is 0 Å². The van der Waals surface area contributed by atoms with Crippen molar-refractivity contribution in [2.24, 2.45) is 5.92 Å². The molecule has 1 N–H and O–H groups in total. The van der Waals surface area contributed by atoms with Gasteiger partial charge in [-0.1, -0.05) is 60.7 Å². The summed E-state index contributed by atoms with van der Waals surface area (Å²) in [6.45, 7) is 0. The van der Waals surface area contributed by atoms with Crippen molar-refractivity contribution in [2.45, 2.75) is 18.4 Å². The summed E-state index contributed by atoms with van der Waals surface area (Å²) in [5.74, 6) is 0.619. The van der Waals surface area contributed by atoms with Crippen molar-refractivity contribution in [2.75, 3.05) is 12.4 Å². The third-order valence-corrected chi connectivity index (χ3v) is 5.95. The van der Waals surface area contributed by atoms with Gasteiger partial charge in [0.1, 0.15) is 0 Å². The van der Waals surface area contributed by atoms with Gasteiger partial charge >= 0.3 is 5.97 Å². The van der Waals surface area contributed by atoms with Crippen LogP contribution in [-0.2, 0) is 4.74 Å². The second-order valence-corrected chi connectivity index (χ2v) is 7.34. The first kappa shape index (κ1) is 16.1. The minimum absolute atomic E-state index is 0.218. The molecule has 0 saturated carbocycles. The summed E-state index contributed by atoms with van der Waals surface area (Å²) in [4.78, 5) is 11.7. The van der Waals surface area contributed by atoms with Crippen LogP contribution in [0, 0.1) is 5.92 Å². The fraction of sp³-hybridized carbons (Fsp3) is 0.208. The third-order valence-electron chi connectivity index (χ3n) is 5.95. The van der Waals surface area contributed by atoms with Gasteiger partial charge in [-0.2, -0.15) is 0 Å². The summed E-state index contributed by atoms with van der Waals surface area (Å²) >= 11 is 0. The quantitative estimate of drug-likeness (QED) is 0.490. The Labute approximate surface area is 158 Å². The lowest BCUT2D eigenvalue weighted by Crippen LogP contribution is -2.29. The van der Waals surface area contributed by atoms with E-state index in [1.165, 1.54) is 34.7 Å². The van der Waals surface area contributed by atoms with Crippen molar-refractivity contribution >= 4 is 22.4 Å². The molecule has 0 spiro atoms. The number of anilines is 1. The molecule has 0 bridgehead atoms. The summed E-state index contributed by atoms with van der Waals surface area (Å²) in [5.41, 5.74) is 4.42. The van der Waals surface area contributed by atoms with Gasteiger partial charge in [0.05, 0.1) is 18.7 Å². The Bertz CT molecular complexity index is 1050. The van der Waals surface area contributed by atoms with Crippen LogP contribution in [0.1, 0.15) is 39.9 Å². The van der Waals surface area contributed by atoms with E-state index in [-0.39, 0.29) is 12.0 Å². The minimum atomic E-state index is -0.296. The van der Waals surface area contributed by atoms with Gasteiger partial charge in [-0.15, -0.1) is 0 Å². The van der Waals surface area contributed by atoms with Crippen molar-refractivity contribution < 1.29 is 9.53 Å². The molecular formula is C24H21NO2. The van der Waals surface area contributed by atoms with Gasteiger partial charge in [0.15, 0.2) is 0 Å². The van der Waals surface area contributed by atoms with E-state index in [4.69, 9.17) is 4.74 Å². The standard InChI is InChI=1S/C24H21NO2/c1-27-24(26)17-11-9-16(10-12-17)22-20-8-4-7-19(20)21-14-13-15-5-2-3-6-18(15)23(21)25-22/h2-7,9-14,19-20,22,25H,8H2,1H3/t19-,20+,22-/m0/s1. The van der Waals surface area contributed by atoms with Gasteiger partial charge in [0.2, 0.25) is 0 Å². The Morgan fingerprint density at radius 1 is 1.04 bits per heavy atom. The van der Waals surface area contributed by atoms with Crippen molar-refractivity contribution in [3.05, 3.63) is 89.5 Å². The number of hydrogen-bond donors (Lipinski definition) is 1. The van der Waals surface area contributed by atoms with E-state index in [2.05, 4.69) is 66.0 Å². The number of rotatable bonds is 2. The number of hydrogen-bond acceptors (Lipinski definition) is 3. The van der Waals surface area contributed by atoms with Crippen LogP contribution in [-0.4, -0.2) is 13.1 Å². The van der Waals surface area contributed by atoms with Crippen LogP contribution in [0.25, 0.3) is 10.8 Å². The molecule has 1 aliphatic carbocycles. The van der Waals surface area contributed by atoms with Crippen molar-refractivity contribution in [3.63, 3.8) is 0 Å². The third kappa shape index (κ3) is 2.54. The maximum absolute atomic E-state index is 11.7. The van der Waals surface area contributed by atoms with E-state index in [9.17, 15) is 4.79 Å². The molecule has 1 aliphatic heterocycles. The van der Waals surface area contributed by atoms with Crippen LogP contribution in [0.15, 0.2) is 72.8 Å². The van der Waals surface area contributed by atoms with Gasteiger partial charge < -0.3 is 10.1 Å². The van der Waals surface area contributed by atoms with Crippen LogP contribution in [0.2, 0.25) is 0 Å². The highest BCUT2D eigenvalue weighted by Gasteiger charge is 2.38. The maximum atomic E-state index is 11.7. The Morgan fingerprint density at radius 2 is 1.85 bits per heavy atom. The number of benzene rings is 3. The van der Waals surface area contributed by atoms with Crippen LogP contribution >= 0.6 is 0 Å². The summed E-state index contributed by atoms with van der Waals surface area (Å²) in [6.07, 6.45) is 5.72. The van der Waals surface area contributed by atoms with E-state index in [0.29, 0.717) is 17.4 Å². The molecular weight excluding hydrogens is 334 g/mol. The lowest BCUT2D eigenvalue weighted by Gasteiger charge is -2.38. The molecule has 3 nitrogen and oxygen atoms in total. The monoisotopic (exact) mass is 355 g/mol. The average molecular weight is 355 g/mol. The van der Waals surface area contributed by atoms with Crippen molar-refractivity contribution in [1.29, 1.82) is 0 Å². The summed E-state index contributed by atoms with van der Waals surface area (Å²) in [7, 11) is 1.41. The average Bonchev–Trinajstić information content (AvgIpc) is 3.22. The van der Waals surface area contributed by atoms with Gasteiger partial charge in [-0.25, -0.2) is 4.79 Å². The molecule has 27 heavy (non-hydrogen) atoms. The molecule has 0 radical (unpaired) electrons. The Morgan fingerprint density at radius 3 is 2.67 bits per heavy atom. The van der Waals surface area contributed by atoms with Gasteiger partial charge in [0, 0.05) is 17.0 Å². The van der Waals surface area contributed by atoms with E-state index in [1.807, 2.05) is 12.1 Å². The van der Waals surface area contributed by atoms with Crippen molar-refractivity contribution in [3.8, 4) is 0 Å². The molecule has 0 fully saturated rings. The highest BCUT2D eigenvalue weighted by Crippen LogP contribution is 2.51. The number of carbonyl (C=O) groups excluding carboxylic acids is 1. The summed E-state index contributed by atoms with van der Waals surface area (Å²) < 4.78 is 4.82. The molecule has 0 saturated heterocycles. The number of carbonyl (C=O) groups is 1. The predicted molar refractivity (Wildman–Crippen MR) is 108 cm³/mol. The second-order valence-electron chi connectivity index (χ2n) is 7.34. The van der Waals surface area contributed by atoms with Gasteiger partial charge in [0.25, 0.3) is 0 Å². The number of ether oxygens (including phenoxy) is 1. The Kier molecular flexibility index (Phi) is 3.75. The van der Waals surface area contributed by atoms with Crippen LogP contribution in [0.4, 0.5) is 5.69 Å². The fourth-order valence-electron chi connectivity index (χ4n) is 4.61. The van der Waals surface area contributed by atoms with Gasteiger partial charge in [-0.3, -0.25) is 0 Å². The molecule has 5 rings (SSSR count). The zero-order chi connectivity index (χ0) is 18.4. The first-order valence-electron chi connectivity index (χ1n) is 9.39. The van der Waals surface area contributed by atoms with Crippen molar-refractivity contribution in [1.82, 2.24) is 0 Å². The molecule has 1 heterocycles. The molecule has 3 aromatic rings. The highest BCUT2D eigenvalue weighted by molar-refractivity contribution is 5.96. The lowest BCUT2D eigenvalue weighted by atomic mass is 9.76. The summed E-state index contributed by atoms with van der Waals surface area (Å²) in [5, 5.41) is 6.36. The smallest absolute Gasteiger partial charge is 0.337 e. The number of nitrogens with one attached hydrogen (secondary N) is 1. The van der Waals surface area contributed by atoms with E-state index in [1.54, 1.807) is 0 Å². The van der Waals surface area contributed by atoms with E-state index >= 15 is 0 Å². The number of fused-ring (bicyclic) bond motifs is 5. The molecule has 0 unspecified atom stereocenters. The minimum Gasteiger partial charge on any atom is -0.465 e. The normalized spacial score (nSPS) is 22.8. The highest BCUT2D eigenvalue weighted by atomic mass is 16.5. The Hall–Kier alpha value is -3.07. The number of esters is 1. The summed E-state index contributed by atoms with van der Waals surface area (Å²) in [6, 6.07) is 21.1. The molecule has 3 heteroatoms. The lowest BCUT2D eigenvalue weighted by molar-refractivity contribution is 0.0600. The Balaban J connectivity index is 1.59. The molecule has 134 valence electrons. The molecule has 2 aliphatic rings. The first-order chi connectivity index (χ1) is 13.3. The van der Waals surface area contributed by atoms with E-state index in [0.717, 1.165) is 6.42 Å². The number of methoxy groups -OCH3 is 1. The zero-order valence-electron chi connectivity index (χ0n) is 15.2. The molecule has 0 aromatic heterocycles. The fourth-order valence-corrected chi connectivity index (χ4v) is 4.61. The number of allylic oxidation sites excluding steroid dienone is 2. The van der Waals surface area contributed by atoms with Gasteiger partial charge in [-0.05, 0) is 41.0 Å². The zero-order valence-corrected chi connectivity index (χ0v) is 15.2. The largest absolute Gasteiger partial charge is 0.465 e. The van der Waals surface area contributed by atoms with Crippen LogP contribution in [0.5, 0.6) is 0 Å². The molecule has 3 atom stereocenters. The molecule has 0 amide bonds. The maximum Gasteiger partial charge on any atom is 0.337 e. The molecule has 3 aromatic carbocycles. The SMILES string of the molecule is COC(=O)c1ccc([C@@H]2Nc3c(ccc4ccccc34)[C@H]3C=CC[C@H]32)cc1. The second kappa shape index (κ2) is 6.27. The first-order valence-corrected chi connectivity index (χ1v) is 9.39. The topological polar surface area (TPSA) is 38.3 Å². The van der Waals surface area contributed by atoms with Crippen LogP contribution in [0.3, 0.4) is 0 Å².